The molecule has 0 atom stereocenters. The molecule has 1 rings (SSSR count). The van der Waals surface area contributed by atoms with Crippen LogP contribution in [0, 0.1) is 5.41 Å². The van der Waals surface area contributed by atoms with Gasteiger partial charge in [0.05, 0.1) is 6.10 Å². The third-order valence-electron chi connectivity index (χ3n) is 3.38. The standard InChI is InChI=1S/C14H30N4O2/c1-12(2)20-13(19)18(11-14(3,4)5-6-15)17-9-7-16-8-10-17/h12,16H,5-11,15H2,1-4H3. The van der Waals surface area contributed by atoms with Gasteiger partial charge < -0.3 is 15.8 Å². The van der Waals surface area contributed by atoms with Crippen LogP contribution in [0.4, 0.5) is 4.79 Å². The summed E-state index contributed by atoms with van der Waals surface area (Å²) in [6.07, 6.45) is 0.516. The molecule has 1 saturated heterocycles. The maximum absolute atomic E-state index is 12.3. The molecule has 0 aromatic rings. The van der Waals surface area contributed by atoms with Gasteiger partial charge in [-0.05, 0) is 32.2 Å². The molecular formula is C14H30N4O2. The fourth-order valence-electron chi connectivity index (χ4n) is 2.31. The molecule has 0 aliphatic carbocycles. The minimum absolute atomic E-state index is 0.0182. The van der Waals surface area contributed by atoms with Crippen LogP contribution in [-0.2, 0) is 4.74 Å². The Morgan fingerprint density at radius 2 is 2.00 bits per heavy atom. The van der Waals surface area contributed by atoms with Crippen molar-refractivity contribution in [2.24, 2.45) is 11.1 Å². The van der Waals surface area contributed by atoms with E-state index in [0.717, 1.165) is 32.6 Å². The molecular weight excluding hydrogens is 256 g/mol. The van der Waals surface area contributed by atoms with Gasteiger partial charge in [-0.1, -0.05) is 13.8 Å². The van der Waals surface area contributed by atoms with E-state index in [9.17, 15) is 4.79 Å². The van der Waals surface area contributed by atoms with Crippen LogP contribution in [0.2, 0.25) is 0 Å². The molecule has 0 aromatic carbocycles. The topological polar surface area (TPSA) is 70.8 Å². The van der Waals surface area contributed by atoms with Crippen LogP contribution in [0.25, 0.3) is 0 Å². The van der Waals surface area contributed by atoms with Crippen LogP contribution in [0.5, 0.6) is 0 Å². The minimum atomic E-state index is -0.257. The second kappa shape index (κ2) is 7.81. The summed E-state index contributed by atoms with van der Waals surface area (Å²) in [6, 6.07) is 0. The molecule has 6 nitrogen and oxygen atoms in total. The first-order chi connectivity index (χ1) is 9.35. The van der Waals surface area contributed by atoms with Gasteiger partial charge in [0.1, 0.15) is 0 Å². The van der Waals surface area contributed by atoms with Gasteiger partial charge >= 0.3 is 6.09 Å². The smallest absolute Gasteiger partial charge is 0.424 e. The van der Waals surface area contributed by atoms with Gasteiger partial charge in [0.25, 0.3) is 0 Å². The number of hydrogen-bond donors (Lipinski definition) is 2. The molecule has 1 fully saturated rings. The third-order valence-corrected chi connectivity index (χ3v) is 3.38. The first-order valence-electron chi connectivity index (χ1n) is 7.49. The van der Waals surface area contributed by atoms with E-state index in [-0.39, 0.29) is 17.6 Å². The molecule has 1 aliphatic heterocycles. The Hall–Kier alpha value is -0.850. The number of hydrazine groups is 1. The van der Waals surface area contributed by atoms with E-state index < -0.39 is 0 Å². The second-order valence-corrected chi connectivity index (χ2v) is 6.40. The number of carbonyl (C=O) groups is 1. The summed E-state index contributed by atoms with van der Waals surface area (Å²) < 4.78 is 5.38. The lowest BCUT2D eigenvalue weighted by atomic mass is 9.89. The predicted octanol–water partition coefficient (Wildman–Crippen LogP) is 1.03. The number of amides is 1. The van der Waals surface area contributed by atoms with Gasteiger partial charge in [-0.2, -0.15) is 0 Å². The monoisotopic (exact) mass is 286 g/mol. The number of nitrogens with zero attached hydrogens (tertiary/aromatic N) is 2. The summed E-state index contributed by atoms with van der Waals surface area (Å²) in [7, 11) is 0. The Labute approximate surface area is 122 Å². The fraction of sp³-hybridized carbons (Fsp3) is 0.929. The van der Waals surface area contributed by atoms with Crippen molar-refractivity contribution >= 4 is 6.09 Å². The average Bonchev–Trinajstić information content (AvgIpc) is 2.36. The molecule has 1 amide bonds. The maximum Gasteiger partial charge on any atom is 0.424 e. The number of rotatable bonds is 6. The molecule has 3 N–H and O–H groups in total. The van der Waals surface area contributed by atoms with E-state index in [4.69, 9.17) is 10.5 Å². The van der Waals surface area contributed by atoms with Crippen molar-refractivity contribution in [3.8, 4) is 0 Å². The minimum Gasteiger partial charge on any atom is -0.446 e. The van der Waals surface area contributed by atoms with Crippen LogP contribution < -0.4 is 11.1 Å². The van der Waals surface area contributed by atoms with Crippen LogP contribution in [-0.4, -0.2) is 61.5 Å². The van der Waals surface area contributed by atoms with Crippen LogP contribution in [0.3, 0.4) is 0 Å². The SMILES string of the molecule is CC(C)OC(=O)N(CC(C)(C)CCN)N1CCNCC1. The highest BCUT2D eigenvalue weighted by Crippen LogP contribution is 2.23. The predicted molar refractivity (Wildman–Crippen MR) is 80.2 cm³/mol. The molecule has 0 radical (unpaired) electrons. The van der Waals surface area contributed by atoms with Crippen LogP contribution >= 0.6 is 0 Å². The van der Waals surface area contributed by atoms with Crippen molar-refractivity contribution < 1.29 is 9.53 Å². The summed E-state index contributed by atoms with van der Waals surface area (Å²) in [5, 5.41) is 7.14. The summed E-state index contributed by atoms with van der Waals surface area (Å²) in [5.74, 6) is 0. The summed E-state index contributed by atoms with van der Waals surface area (Å²) in [5.41, 5.74) is 5.65. The van der Waals surface area contributed by atoms with Crippen LogP contribution in [0.1, 0.15) is 34.1 Å². The highest BCUT2D eigenvalue weighted by atomic mass is 16.6. The number of ether oxygens (including phenoxy) is 1. The number of hydrogen-bond acceptors (Lipinski definition) is 5. The number of piperazine rings is 1. The van der Waals surface area contributed by atoms with E-state index >= 15 is 0 Å². The first kappa shape index (κ1) is 17.2. The molecule has 0 spiro atoms. The molecule has 20 heavy (non-hydrogen) atoms. The Morgan fingerprint density at radius 1 is 1.40 bits per heavy atom. The van der Waals surface area contributed by atoms with Gasteiger partial charge in [0.15, 0.2) is 0 Å². The number of carbonyl (C=O) groups excluding carboxylic acids is 1. The molecule has 1 heterocycles. The fourth-order valence-corrected chi connectivity index (χ4v) is 2.31. The zero-order valence-corrected chi connectivity index (χ0v) is 13.3. The summed E-state index contributed by atoms with van der Waals surface area (Å²) in [6.45, 7) is 12.7. The lowest BCUT2D eigenvalue weighted by molar-refractivity contribution is -0.0558. The lowest BCUT2D eigenvalue weighted by Gasteiger charge is -2.41. The van der Waals surface area contributed by atoms with Crippen molar-refractivity contribution in [1.29, 1.82) is 0 Å². The molecule has 0 saturated carbocycles. The normalized spacial score (nSPS) is 17.3. The largest absolute Gasteiger partial charge is 0.446 e. The lowest BCUT2D eigenvalue weighted by Crippen LogP contribution is -2.57. The highest BCUT2D eigenvalue weighted by Gasteiger charge is 2.30. The quantitative estimate of drug-likeness (QED) is 0.763. The van der Waals surface area contributed by atoms with Crippen molar-refractivity contribution in [3.05, 3.63) is 0 Å². The Kier molecular flexibility index (Phi) is 6.71. The van der Waals surface area contributed by atoms with E-state index in [1.807, 2.05) is 13.8 Å². The average molecular weight is 286 g/mol. The zero-order valence-electron chi connectivity index (χ0n) is 13.3. The molecule has 0 aromatic heterocycles. The maximum atomic E-state index is 12.3. The van der Waals surface area contributed by atoms with Gasteiger partial charge in [-0.3, -0.25) is 0 Å². The molecule has 1 aliphatic rings. The first-order valence-corrected chi connectivity index (χ1v) is 7.49. The Bertz CT molecular complexity index is 302. The van der Waals surface area contributed by atoms with E-state index in [1.54, 1.807) is 5.01 Å². The van der Waals surface area contributed by atoms with E-state index in [0.29, 0.717) is 13.1 Å². The van der Waals surface area contributed by atoms with Gasteiger partial charge in [0, 0.05) is 32.7 Å². The third kappa shape index (κ3) is 5.64. The Balaban J connectivity index is 2.74. The molecule has 0 bridgehead atoms. The van der Waals surface area contributed by atoms with Gasteiger partial charge in [-0.15, -0.1) is 0 Å². The highest BCUT2D eigenvalue weighted by molar-refractivity contribution is 5.67. The molecule has 0 unspecified atom stereocenters. The van der Waals surface area contributed by atoms with Crippen molar-refractivity contribution in [2.75, 3.05) is 39.3 Å². The van der Waals surface area contributed by atoms with E-state index in [1.165, 1.54) is 0 Å². The van der Waals surface area contributed by atoms with Crippen LogP contribution in [0.15, 0.2) is 0 Å². The summed E-state index contributed by atoms with van der Waals surface area (Å²) >= 11 is 0. The molecule has 118 valence electrons. The van der Waals surface area contributed by atoms with E-state index in [2.05, 4.69) is 24.2 Å². The van der Waals surface area contributed by atoms with Gasteiger partial charge in [0.2, 0.25) is 0 Å². The van der Waals surface area contributed by atoms with Gasteiger partial charge in [-0.25, -0.2) is 14.8 Å². The number of nitrogens with one attached hydrogen (secondary N) is 1. The summed E-state index contributed by atoms with van der Waals surface area (Å²) in [4.78, 5) is 12.3. The second-order valence-electron chi connectivity index (χ2n) is 6.40. The molecule has 6 heteroatoms. The van der Waals surface area contributed by atoms with Crippen molar-refractivity contribution in [1.82, 2.24) is 15.3 Å². The van der Waals surface area contributed by atoms with Crippen molar-refractivity contribution in [2.45, 2.75) is 40.2 Å². The zero-order chi connectivity index (χ0) is 15.2. The Morgan fingerprint density at radius 3 is 2.50 bits per heavy atom. The van der Waals surface area contributed by atoms with Crippen molar-refractivity contribution in [3.63, 3.8) is 0 Å². The number of nitrogens with two attached hydrogens (primary N) is 1.